The number of aryl methyl sites for hydroxylation is 1. The van der Waals surface area contributed by atoms with Crippen LogP contribution in [0.15, 0.2) is 18.2 Å². The Labute approximate surface area is 121 Å². The average molecular weight is 275 g/mol. The first-order chi connectivity index (χ1) is 9.80. The zero-order chi connectivity index (χ0) is 14.4. The summed E-state index contributed by atoms with van der Waals surface area (Å²) in [6.07, 6.45) is 3.35. The topological polar surface area (TPSA) is 39.1 Å². The van der Waals surface area contributed by atoms with Gasteiger partial charge in [-0.3, -0.25) is 0 Å². The van der Waals surface area contributed by atoms with Gasteiger partial charge in [-0.05, 0) is 25.1 Å². The lowest BCUT2D eigenvalue weighted by molar-refractivity contribution is 0.415. The number of nitrogens with zero attached hydrogens (tertiary/aromatic N) is 2. The molecular weight excluding hydrogens is 250 g/mol. The predicted molar refractivity (Wildman–Crippen MR) is 83.4 cm³/mol. The Hall–Kier alpha value is -1.55. The summed E-state index contributed by atoms with van der Waals surface area (Å²) in [4.78, 5) is 4.79. The minimum Gasteiger partial charge on any atom is -0.497 e. The minimum atomic E-state index is 0.871. The first-order valence-corrected chi connectivity index (χ1v) is 7.54. The molecule has 0 amide bonds. The summed E-state index contributed by atoms with van der Waals surface area (Å²) in [7, 11) is 1.70. The number of hydrogen-bond acceptors (Lipinski definition) is 3. The van der Waals surface area contributed by atoms with Crippen LogP contribution in [0, 0.1) is 0 Å². The van der Waals surface area contributed by atoms with Crippen molar-refractivity contribution in [1.29, 1.82) is 0 Å². The Morgan fingerprint density at radius 2 is 2.15 bits per heavy atom. The fourth-order valence-corrected chi connectivity index (χ4v) is 2.42. The normalized spacial score (nSPS) is 11.2. The van der Waals surface area contributed by atoms with Crippen LogP contribution in [0.25, 0.3) is 11.0 Å². The maximum absolute atomic E-state index is 5.29. The van der Waals surface area contributed by atoms with Crippen molar-refractivity contribution in [2.24, 2.45) is 0 Å². The van der Waals surface area contributed by atoms with Gasteiger partial charge in [-0.1, -0.05) is 20.3 Å². The molecule has 2 aromatic rings. The second-order valence-corrected chi connectivity index (χ2v) is 4.99. The highest BCUT2D eigenvalue weighted by molar-refractivity contribution is 5.77. The van der Waals surface area contributed by atoms with E-state index < -0.39 is 0 Å². The lowest BCUT2D eigenvalue weighted by Gasteiger charge is -2.09. The number of hydrogen-bond donors (Lipinski definition) is 1. The summed E-state index contributed by atoms with van der Waals surface area (Å²) >= 11 is 0. The van der Waals surface area contributed by atoms with Crippen LogP contribution in [-0.2, 0) is 13.0 Å². The highest BCUT2D eigenvalue weighted by atomic mass is 16.5. The molecule has 1 aromatic carbocycles. The molecule has 0 radical (unpaired) electrons. The SMILES string of the molecule is CCCCn1c(CCNCC)nc2cc(OC)ccc21. The molecule has 0 aliphatic rings. The maximum atomic E-state index is 5.29. The number of benzene rings is 1. The van der Waals surface area contributed by atoms with Gasteiger partial charge in [-0.2, -0.15) is 0 Å². The van der Waals surface area contributed by atoms with Crippen LogP contribution < -0.4 is 10.1 Å². The van der Waals surface area contributed by atoms with Crippen molar-refractivity contribution >= 4 is 11.0 Å². The summed E-state index contributed by atoms with van der Waals surface area (Å²) in [6.45, 7) is 7.37. The van der Waals surface area contributed by atoms with Gasteiger partial charge in [0, 0.05) is 25.6 Å². The van der Waals surface area contributed by atoms with E-state index in [2.05, 4.69) is 29.8 Å². The lowest BCUT2D eigenvalue weighted by atomic mass is 10.2. The molecule has 20 heavy (non-hydrogen) atoms. The molecule has 2 rings (SSSR count). The van der Waals surface area contributed by atoms with E-state index >= 15 is 0 Å². The largest absolute Gasteiger partial charge is 0.497 e. The monoisotopic (exact) mass is 275 g/mol. The summed E-state index contributed by atoms with van der Waals surface area (Å²) in [5.74, 6) is 2.04. The number of ether oxygens (including phenoxy) is 1. The third kappa shape index (κ3) is 3.31. The van der Waals surface area contributed by atoms with Crippen molar-refractivity contribution in [2.75, 3.05) is 20.2 Å². The van der Waals surface area contributed by atoms with Crippen LogP contribution in [0.5, 0.6) is 5.75 Å². The third-order valence-electron chi connectivity index (χ3n) is 3.55. The summed E-state index contributed by atoms with van der Waals surface area (Å²) in [5.41, 5.74) is 2.25. The van der Waals surface area contributed by atoms with E-state index in [9.17, 15) is 0 Å². The summed E-state index contributed by atoms with van der Waals surface area (Å²) < 4.78 is 7.65. The van der Waals surface area contributed by atoms with Crippen molar-refractivity contribution in [3.63, 3.8) is 0 Å². The molecule has 0 aliphatic carbocycles. The number of imidazole rings is 1. The lowest BCUT2D eigenvalue weighted by Crippen LogP contribution is -2.18. The van der Waals surface area contributed by atoms with Crippen LogP contribution in [0.4, 0.5) is 0 Å². The van der Waals surface area contributed by atoms with E-state index in [1.807, 2.05) is 12.1 Å². The highest BCUT2D eigenvalue weighted by Crippen LogP contribution is 2.22. The number of nitrogens with one attached hydrogen (secondary N) is 1. The Morgan fingerprint density at radius 1 is 1.30 bits per heavy atom. The number of fused-ring (bicyclic) bond motifs is 1. The Kier molecular flexibility index (Phi) is 5.41. The smallest absolute Gasteiger partial charge is 0.121 e. The van der Waals surface area contributed by atoms with E-state index in [0.29, 0.717) is 0 Å². The predicted octanol–water partition coefficient (Wildman–Crippen LogP) is 3.00. The van der Waals surface area contributed by atoms with Crippen LogP contribution in [0.2, 0.25) is 0 Å². The highest BCUT2D eigenvalue weighted by Gasteiger charge is 2.10. The molecule has 4 nitrogen and oxygen atoms in total. The molecule has 0 unspecified atom stereocenters. The standard InChI is InChI=1S/C16H25N3O/c1-4-6-11-19-15-8-7-13(20-3)12-14(15)18-16(19)9-10-17-5-2/h7-8,12,17H,4-6,9-11H2,1-3H3. The number of methoxy groups -OCH3 is 1. The summed E-state index contributed by atoms with van der Waals surface area (Å²) in [5, 5.41) is 3.37. The van der Waals surface area contributed by atoms with Crippen molar-refractivity contribution in [1.82, 2.24) is 14.9 Å². The first kappa shape index (κ1) is 14.9. The van der Waals surface area contributed by atoms with Crippen molar-refractivity contribution in [3.05, 3.63) is 24.0 Å². The van der Waals surface area contributed by atoms with Crippen LogP contribution >= 0.6 is 0 Å². The van der Waals surface area contributed by atoms with E-state index in [-0.39, 0.29) is 0 Å². The van der Waals surface area contributed by atoms with Gasteiger partial charge < -0.3 is 14.6 Å². The average Bonchev–Trinajstić information content (AvgIpc) is 2.82. The van der Waals surface area contributed by atoms with Gasteiger partial charge in [0.25, 0.3) is 0 Å². The molecule has 1 aromatic heterocycles. The Balaban J connectivity index is 2.31. The number of rotatable bonds is 8. The first-order valence-electron chi connectivity index (χ1n) is 7.54. The zero-order valence-corrected chi connectivity index (χ0v) is 12.8. The molecule has 0 spiro atoms. The van der Waals surface area contributed by atoms with Crippen LogP contribution in [-0.4, -0.2) is 29.8 Å². The van der Waals surface area contributed by atoms with E-state index in [4.69, 9.17) is 9.72 Å². The van der Waals surface area contributed by atoms with E-state index in [0.717, 1.165) is 37.3 Å². The van der Waals surface area contributed by atoms with Crippen molar-refractivity contribution in [2.45, 2.75) is 39.7 Å². The molecule has 0 fully saturated rings. The van der Waals surface area contributed by atoms with Crippen LogP contribution in [0.3, 0.4) is 0 Å². The molecule has 1 N–H and O–H groups in total. The van der Waals surface area contributed by atoms with Crippen molar-refractivity contribution < 1.29 is 4.74 Å². The van der Waals surface area contributed by atoms with Gasteiger partial charge in [0.05, 0.1) is 18.1 Å². The second kappa shape index (κ2) is 7.29. The van der Waals surface area contributed by atoms with Gasteiger partial charge in [0.15, 0.2) is 0 Å². The molecule has 0 saturated heterocycles. The number of unbranched alkanes of at least 4 members (excludes halogenated alkanes) is 1. The zero-order valence-electron chi connectivity index (χ0n) is 12.8. The molecule has 1 heterocycles. The quantitative estimate of drug-likeness (QED) is 0.753. The number of aromatic nitrogens is 2. The molecule has 0 saturated carbocycles. The van der Waals surface area contributed by atoms with E-state index in [1.54, 1.807) is 7.11 Å². The fraction of sp³-hybridized carbons (Fsp3) is 0.562. The Morgan fingerprint density at radius 3 is 2.85 bits per heavy atom. The maximum Gasteiger partial charge on any atom is 0.121 e. The molecule has 4 heteroatoms. The third-order valence-corrected chi connectivity index (χ3v) is 3.55. The minimum absolute atomic E-state index is 0.871. The summed E-state index contributed by atoms with van der Waals surface area (Å²) in [6, 6.07) is 6.16. The van der Waals surface area contributed by atoms with Gasteiger partial charge in [0.1, 0.15) is 11.6 Å². The van der Waals surface area contributed by atoms with Gasteiger partial charge >= 0.3 is 0 Å². The molecule has 0 bridgehead atoms. The molecular formula is C16H25N3O. The number of likely N-dealkylation sites (N-methyl/N-ethyl adjacent to an activating group) is 1. The second-order valence-electron chi connectivity index (χ2n) is 4.99. The van der Waals surface area contributed by atoms with Crippen molar-refractivity contribution in [3.8, 4) is 5.75 Å². The van der Waals surface area contributed by atoms with Crippen LogP contribution in [0.1, 0.15) is 32.5 Å². The van der Waals surface area contributed by atoms with Gasteiger partial charge in [0.2, 0.25) is 0 Å². The van der Waals surface area contributed by atoms with Gasteiger partial charge in [-0.15, -0.1) is 0 Å². The Bertz CT molecular complexity index is 548. The molecule has 0 atom stereocenters. The fourth-order valence-electron chi connectivity index (χ4n) is 2.42. The van der Waals surface area contributed by atoms with E-state index in [1.165, 1.54) is 24.2 Å². The molecule has 0 aliphatic heterocycles. The molecule has 110 valence electrons. The van der Waals surface area contributed by atoms with Gasteiger partial charge in [-0.25, -0.2) is 4.98 Å².